The highest BCUT2D eigenvalue weighted by Crippen LogP contribution is 2.36. The van der Waals surface area contributed by atoms with Gasteiger partial charge in [-0.3, -0.25) is 14.5 Å². The zero-order valence-electron chi connectivity index (χ0n) is 14.2. The van der Waals surface area contributed by atoms with E-state index >= 15 is 0 Å². The van der Waals surface area contributed by atoms with Crippen molar-refractivity contribution < 1.29 is 19.1 Å². The van der Waals surface area contributed by atoms with E-state index in [-0.39, 0.29) is 18.2 Å². The molecule has 1 aromatic rings. The molecule has 4 rings (SSSR count). The first-order chi connectivity index (χ1) is 12.0. The smallest absolute Gasteiger partial charge is 0.251 e. The van der Waals surface area contributed by atoms with Gasteiger partial charge in [0.05, 0.1) is 36.4 Å². The van der Waals surface area contributed by atoms with Gasteiger partial charge in [0.2, 0.25) is 5.91 Å². The molecule has 134 valence electrons. The van der Waals surface area contributed by atoms with Gasteiger partial charge >= 0.3 is 0 Å². The Balaban J connectivity index is 1.50. The predicted molar refractivity (Wildman–Crippen MR) is 92.5 cm³/mol. The Morgan fingerprint density at radius 2 is 1.84 bits per heavy atom. The Labute approximate surface area is 151 Å². The minimum Gasteiger partial charge on any atom is -0.347 e. The summed E-state index contributed by atoms with van der Waals surface area (Å²) in [5, 5.41) is 0.424. The van der Waals surface area contributed by atoms with Crippen LogP contribution in [0.25, 0.3) is 0 Å². The number of imide groups is 1. The first kappa shape index (κ1) is 17.0. The minimum atomic E-state index is -0.484. The summed E-state index contributed by atoms with van der Waals surface area (Å²) in [5.41, 5.74) is 1.46. The van der Waals surface area contributed by atoms with Crippen LogP contribution in [-0.4, -0.2) is 54.8 Å². The van der Waals surface area contributed by atoms with Crippen molar-refractivity contribution in [2.45, 2.75) is 38.0 Å². The number of rotatable bonds is 2. The van der Waals surface area contributed by atoms with Crippen LogP contribution in [0.15, 0.2) is 18.2 Å². The zero-order chi connectivity index (χ0) is 17.6. The molecule has 0 unspecified atom stereocenters. The Bertz CT molecular complexity index is 707. The molecule has 25 heavy (non-hydrogen) atoms. The number of benzene rings is 1. The number of piperidine rings is 1. The SMILES string of the molecule is Cc1ccc(N2C(=O)C[C@@H](N3CCC4(CC3)OCCO4)C2=O)c(Cl)c1. The van der Waals surface area contributed by atoms with Crippen LogP contribution in [0.1, 0.15) is 24.8 Å². The van der Waals surface area contributed by atoms with Gasteiger partial charge in [-0.25, -0.2) is 4.90 Å². The Hall–Kier alpha value is -1.47. The Morgan fingerprint density at radius 3 is 2.48 bits per heavy atom. The molecule has 3 heterocycles. The fourth-order valence-electron chi connectivity index (χ4n) is 3.91. The van der Waals surface area contributed by atoms with E-state index in [1.807, 2.05) is 13.0 Å². The largest absolute Gasteiger partial charge is 0.347 e. The van der Waals surface area contributed by atoms with Crippen LogP contribution < -0.4 is 4.90 Å². The zero-order valence-corrected chi connectivity index (χ0v) is 14.9. The van der Waals surface area contributed by atoms with E-state index < -0.39 is 11.8 Å². The van der Waals surface area contributed by atoms with Crippen molar-refractivity contribution in [3.8, 4) is 0 Å². The van der Waals surface area contributed by atoms with E-state index in [1.54, 1.807) is 12.1 Å². The molecule has 1 atom stereocenters. The molecule has 0 aliphatic carbocycles. The predicted octanol–water partition coefficient (Wildman–Crippen LogP) is 2.12. The fourth-order valence-corrected chi connectivity index (χ4v) is 4.23. The lowest BCUT2D eigenvalue weighted by Gasteiger charge is -2.39. The lowest BCUT2D eigenvalue weighted by atomic mass is 10.0. The van der Waals surface area contributed by atoms with Crippen LogP contribution in [-0.2, 0) is 19.1 Å². The summed E-state index contributed by atoms with van der Waals surface area (Å²) >= 11 is 6.26. The lowest BCUT2D eigenvalue weighted by Crippen LogP contribution is -2.51. The summed E-state index contributed by atoms with van der Waals surface area (Å²) < 4.78 is 11.5. The fraction of sp³-hybridized carbons (Fsp3) is 0.556. The first-order valence-corrected chi connectivity index (χ1v) is 9.02. The van der Waals surface area contributed by atoms with Gasteiger partial charge < -0.3 is 9.47 Å². The van der Waals surface area contributed by atoms with Gasteiger partial charge in [0.15, 0.2) is 5.79 Å². The maximum Gasteiger partial charge on any atom is 0.251 e. The maximum atomic E-state index is 12.9. The van der Waals surface area contributed by atoms with Crippen LogP contribution in [0.3, 0.4) is 0 Å². The van der Waals surface area contributed by atoms with Gasteiger partial charge in [-0.05, 0) is 24.6 Å². The summed E-state index contributed by atoms with van der Waals surface area (Å²) in [6.45, 7) is 4.53. The number of amides is 2. The molecule has 0 aromatic heterocycles. The molecule has 3 fully saturated rings. The monoisotopic (exact) mass is 364 g/mol. The van der Waals surface area contributed by atoms with E-state index in [0.29, 0.717) is 37.0 Å². The number of anilines is 1. The Kier molecular flexibility index (Phi) is 4.32. The van der Waals surface area contributed by atoms with Crippen molar-refractivity contribution in [2.75, 3.05) is 31.2 Å². The van der Waals surface area contributed by atoms with Crippen LogP contribution in [0.5, 0.6) is 0 Å². The molecule has 0 radical (unpaired) electrons. The van der Waals surface area contributed by atoms with Crippen molar-refractivity contribution in [1.29, 1.82) is 0 Å². The number of halogens is 1. The van der Waals surface area contributed by atoms with Crippen molar-refractivity contribution in [1.82, 2.24) is 4.90 Å². The third-order valence-corrected chi connectivity index (χ3v) is 5.58. The normalized spacial score (nSPS) is 26.8. The summed E-state index contributed by atoms with van der Waals surface area (Å²) in [6.07, 6.45) is 1.63. The van der Waals surface area contributed by atoms with Gasteiger partial charge in [0.25, 0.3) is 5.91 Å². The second-order valence-corrected chi connectivity index (χ2v) is 7.29. The molecule has 3 aliphatic rings. The summed E-state index contributed by atoms with van der Waals surface area (Å²) in [6, 6.07) is 4.93. The number of likely N-dealkylation sites (tertiary alicyclic amines) is 1. The van der Waals surface area contributed by atoms with Gasteiger partial charge in [-0.15, -0.1) is 0 Å². The molecule has 2 amide bonds. The molecular weight excluding hydrogens is 344 g/mol. The Morgan fingerprint density at radius 1 is 1.16 bits per heavy atom. The van der Waals surface area contributed by atoms with Crippen molar-refractivity contribution in [2.24, 2.45) is 0 Å². The third-order valence-electron chi connectivity index (χ3n) is 5.28. The number of ether oxygens (including phenoxy) is 2. The first-order valence-electron chi connectivity index (χ1n) is 8.64. The number of aryl methyl sites for hydroxylation is 1. The van der Waals surface area contributed by atoms with Gasteiger partial charge in [-0.2, -0.15) is 0 Å². The summed E-state index contributed by atoms with van der Waals surface area (Å²) in [5.74, 6) is -0.878. The van der Waals surface area contributed by atoms with E-state index in [4.69, 9.17) is 21.1 Å². The summed E-state index contributed by atoms with van der Waals surface area (Å²) in [4.78, 5) is 28.7. The highest BCUT2D eigenvalue weighted by Gasteiger charge is 2.47. The number of hydrogen-bond acceptors (Lipinski definition) is 5. The van der Waals surface area contributed by atoms with E-state index in [1.165, 1.54) is 4.90 Å². The van der Waals surface area contributed by atoms with E-state index in [0.717, 1.165) is 18.4 Å². The van der Waals surface area contributed by atoms with Gasteiger partial charge in [-0.1, -0.05) is 17.7 Å². The number of carbonyl (C=O) groups is 2. The van der Waals surface area contributed by atoms with Crippen LogP contribution in [0, 0.1) is 6.92 Å². The third kappa shape index (κ3) is 2.97. The van der Waals surface area contributed by atoms with Crippen molar-refractivity contribution in [3.05, 3.63) is 28.8 Å². The number of nitrogens with zero attached hydrogens (tertiary/aromatic N) is 2. The van der Waals surface area contributed by atoms with Crippen LogP contribution in [0.4, 0.5) is 5.69 Å². The second kappa shape index (κ2) is 6.36. The quantitative estimate of drug-likeness (QED) is 0.752. The van der Waals surface area contributed by atoms with Gasteiger partial charge in [0.1, 0.15) is 0 Å². The molecule has 0 N–H and O–H groups in total. The molecule has 3 saturated heterocycles. The number of hydrogen-bond donors (Lipinski definition) is 0. The van der Waals surface area contributed by atoms with Crippen molar-refractivity contribution >= 4 is 29.1 Å². The van der Waals surface area contributed by atoms with Gasteiger partial charge in [0, 0.05) is 25.9 Å². The molecular formula is C18H21ClN2O4. The average molecular weight is 365 g/mol. The standard InChI is InChI=1S/C18H21ClN2O4/c1-12-2-3-14(13(19)10-12)21-16(22)11-15(17(21)23)20-6-4-18(5-7-20)24-8-9-25-18/h2-3,10,15H,4-9,11H2,1H3/t15-/m1/s1. The van der Waals surface area contributed by atoms with Crippen LogP contribution in [0.2, 0.25) is 5.02 Å². The molecule has 6 nitrogen and oxygen atoms in total. The van der Waals surface area contributed by atoms with E-state index in [2.05, 4.69) is 4.90 Å². The minimum absolute atomic E-state index is 0.192. The van der Waals surface area contributed by atoms with Crippen LogP contribution >= 0.6 is 11.6 Å². The lowest BCUT2D eigenvalue weighted by molar-refractivity contribution is -0.188. The molecule has 1 spiro atoms. The molecule has 3 aliphatic heterocycles. The summed E-state index contributed by atoms with van der Waals surface area (Å²) in [7, 11) is 0. The highest BCUT2D eigenvalue weighted by molar-refractivity contribution is 6.36. The molecule has 7 heteroatoms. The van der Waals surface area contributed by atoms with Crippen molar-refractivity contribution in [3.63, 3.8) is 0 Å². The topological polar surface area (TPSA) is 59.1 Å². The second-order valence-electron chi connectivity index (χ2n) is 6.89. The molecule has 1 aromatic carbocycles. The molecule has 0 saturated carbocycles. The van der Waals surface area contributed by atoms with E-state index in [9.17, 15) is 9.59 Å². The average Bonchev–Trinajstić information content (AvgIpc) is 3.15. The highest BCUT2D eigenvalue weighted by atomic mass is 35.5. The maximum absolute atomic E-state index is 12.9. The number of carbonyl (C=O) groups excluding carboxylic acids is 2. The molecule has 0 bridgehead atoms.